The Morgan fingerprint density at radius 2 is 1.31 bits per heavy atom. The Labute approximate surface area is 396 Å². The van der Waals surface area contributed by atoms with Crippen molar-refractivity contribution >= 4 is 63.8 Å². The average Bonchev–Trinajstić information content (AvgIpc) is 3.32. The van der Waals surface area contributed by atoms with Gasteiger partial charge >= 0.3 is 0 Å². The van der Waals surface area contributed by atoms with Gasteiger partial charge < -0.3 is 46.7 Å². The number of carbonyl (C=O) groups excluding carboxylic acids is 5. The smallest absolute Gasteiger partial charge is 0.255 e. The number of fused-ring (bicyclic) bond motifs is 3. The summed E-state index contributed by atoms with van der Waals surface area (Å²) in [6, 6.07) is 33.8. The first-order chi connectivity index (χ1) is 32.5. The number of primary amides is 1. The Hall–Kier alpha value is -6.06. The molecular formula is C52H60N3O12P. The van der Waals surface area contributed by atoms with Gasteiger partial charge in [0.15, 0.2) is 11.4 Å². The zero-order valence-electron chi connectivity index (χ0n) is 38.6. The molecule has 68 heavy (non-hydrogen) atoms. The van der Waals surface area contributed by atoms with Gasteiger partial charge in [0.05, 0.1) is 35.5 Å². The van der Waals surface area contributed by atoms with Gasteiger partial charge in [-0.05, 0) is 87.3 Å². The Morgan fingerprint density at radius 1 is 0.794 bits per heavy atom. The summed E-state index contributed by atoms with van der Waals surface area (Å²) >= 11 is 0. The number of aromatic hydroxyl groups is 1. The summed E-state index contributed by atoms with van der Waals surface area (Å²) in [5, 5.41) is 73.1. The Kier molecular flexibility index (Phi) is 16.5. The third-order valence-corrected chi connectivity index (χ3v) is 18.1. The highest BCUT2D eigenvalue weighted by Gasteiger charge is 2.68. The molecule has 1 saturated carbocycles. The number of likely N-dealkylation sites (N-methyl/N-ethyl adjacent to an activating group) is 1. The molecule has 3 aliphatic rings. The second-order valence-corrected chi connectivity index (χ2v) is 21.4. The largest absolute Gasteiger partial charge is 0.724 e. The highest BCUT2D eigenvalue weighted by atomic mass is 31.2. The van der Waals surface area contributed by atoms with Crippen LogP contribution in [-0.2, 0) is 28.9 Å². The Morgan fingerprint density at radius 3 is 1.82 bits per heavy atom. The number of aliphatic hydroxyl groups is 4. The molecule has 4 aromatic rings. The number of rotatable bonds is 17. The van der Waals surface area contributed by atoms with E-state index in [9.17, 15) is 49.5 Å². The first kappa shape index (κ1) is 51.3. The number of nitrogens with one attached hydrogen (secondary N) is 1. The normalized spacial score (nSPS) is 22.1. The van der Waals surface area contributed by atoms with E-state index in [4.69, 9.17) is 11.0 Å². The minimum absolute atomic E-state index is 0.0172. The number of phenolic OH excluding ortho intramolecular Hbond substituents is 1. The number of phenols is 1. The summed E-state index contributed by atoms with van der Waals surface area (Å²) in [4.78, 5) is 70.3. The van der Waals surface area contributed by atoms with Crippen LogP contribution in [0, 0.1) is 11.8 Å². The summed E-state index contributed by atoms with van der Waals surface area (Å²) in [5.41, 5.74) is 0.746. The van der Waals surface area contributed by atoms with Crippen molar-refractivity contribution in [1.29, 1.82) is 0 Å². The quantitative estimate of drug-likeness (QED) is 0.0197. The number of carbonyl (C=O) groups is 5. The maximum Gasteiger partial charge on any atom is 0.255 e. The number of anilines is 1. The molecule has 4 aromatic carbocycles. The predicted molar refractivity (Wildman–Crippen MR) is 258 cm³/mol. The maximum absolute atomic E-state index is 14.3. The van der Waals surface area contributed by atoms with E-state index in [-0.39, 0.29) is 29.9 Å². The summed E-state index contributed by atoms with van der Waals surface area (Å²) in [6.45, 7) is 1.62. The lowest BCUT2D eigenvalue weighted by Gasteiger charge is -2.53. The molecule has 0 aromatic heterocycles. The van der Waals surface area contributed by atoms with Crippen molar-refractivity contribution in [3.05, 3.63) is 131 Å². The van der Waals surface area contributed by atoms with Crippen LogP contribution >= 0.6 is 7.26 Å². The minimum atomic E-state index is -3.04. The van der Waals surface area contributed by atoms with Gasteiger partial charge in [0.2, 0.25) is 11.7 Å². The molecule has 15 nitrogen and oxygen atoms in total. The highest BCUT2D eigenvalue weighted by molar-refractivity contribution is 7.95. The van der Waals surface area contributed by atoms with E-state index in [0.29, 0.717) is 18.4 Å². The van der Waals surface area contributed by atoms with Crippen LogP contribution in [0.5, 0.6) is 5.75 Å². The molecule has 0 unspecified atom stereocenters. The minimum Gasteiger partial charge on any atom is -0.724 e. The highest BCUT2D eigenvalue weighted by Crippen LogP contribution is 2.58. The van der Waals surface area contributed by atoms with Crippen molar-refractivity contribution in [3.63, 3.8) is 0 Å². The molecule has 3 aliphatic carbocycles. The van der Waals surface area contributed by atoms with Crippen molar-refractivity contribution in [2.24, 2.45) is 17.6 Å². The van der Waals surface area contributed by atoms with E-state index in [1.54, 1.807) is 6.92 Å². The zero-order valence-corrected chi connectivity index (χ0v) is 39.5. The van der Waals surface area contributed by atoms with Crippen molar-refractivity contribution < 1.29 is 59.7 Å². The van der Waals surface area contributed by atoms with Gasteiger partial charge in [-0.3, -0.25) is 28.9 Å². The van der Waals surface area contributed by atoms with E-state index < -0.39 is 94.6 Å². The molecule has 1 fully saturated rings. The molecule has 0 bridgehead atoms. The number of nitrogens with zero attached hydrogens (tertiary/aromatic N) is 1. The van der Waals surface area contributed by atoms with E-state index in [0.717, 1.165) is 39.0 Å². The molecule has 16 heteroatoms. The van der Waals surface area contributed by atoms with Gasteiger partial charge in [-0.1, -0.05) is 80.4 Å². The molecule has 0 radical (unpaired) electrons. The van der Waals surface area contributed by atoms with Crippen molar-refractivity contribution in [2.45, 2.75) is 82.0 Å². The molecule has 0 spiro atoms. The standard InChI is InChI=1S/C51H56N3O10P.CH4O2/c1-30-35-26-27-36(44(57)39(35)45(58)40-38(30)46(59)42-43(54(2)3)47(60)41(50(52)63)49(62)51(42,64)48(40)61)53-37(56)28-25-31(55)18-10-5-4-6-17-29-65(32-19-11-7-12-20-32,33-21-13-8-14-22-33)34-23-15-9-16-24-34;1-3-2/h7-9,11-16,19-24,26-27,30,38,42-43,46,59,64H,4-6,10,17-18,25,28-29H2,1-3H3,(H5-,52,53,56,57,58,60,61,62,63);2H,1H3/t30-,38+,42+,43-,46-,51-;/m0./s1. The number of unbranched alkanes of at least 4 members (excludes halogenated alkanes) is 4. The van der Waals surface area contributed by atoms with Crippen LogP contribution in [0.25, 0.3) is 5.76 Å². The lowest BCUT2D eigenvalue weighted by Crippen LogP contribution is -2.70. The van der Waals surface area contributed by atoms with Gasteiger partial charge in [0, 0.05) is 37.9 Å². The Bertz CT molecular complexity index is 2470. The van der Waals surface area contributed by atoms with Crippen LogP contribution in [0.1, 0.15) is 75.3 Å². The maximum atomic E-state index is 14.3. The van der Waals surface area contributed by atoms with Crippen LogP contribution < -0.4 is 32.2 Å². The van der Waals surface area contributed by atoms with Crippen molar-refractivity contribution in [1.82, 2.24) is 4.90 Å². The molecule has 360 valence electrons. The number of hydrogen-bond donors (Lipinski definition) is 7. The summed E-state index contributed by atoms with van der Waals surface area (Å²) in [5.74, 6) is -10.7. The van der Waals surface area contributed by atoms with E-state index in [1.807, 2.05) is 0 Å². The number of ketones is 3. The Balaban J connectivity index is 0.00000247. The zero-order chi connectivity index (χ0) is 49.5. The summed E-state index contributed by atoms with van der Waals surface area (Å²) in [7, 11) is 2.04. The van der Waals surface area contributed by atoms with E-state index in [1.165, 1.54) is 47.0 Å². The number of amides is 2. The van der Waals surface area contributed by atoms with Crippen LogP contribution in [0.3, 0.4) is 0 Å². The lowest BCUT2D eigenvalue weighted by molar-refractivity contribution is -0.679. The van der Waals surface area contributed by atoms with Gasteiger partial charge in [0.1, 0.15) is 51.8 Å². The van der Waals surface area contributed by atoms with Gasteiger partial charge in [-0.25, -0.2) is 0 Å². The van der Waals surface area contributed by atoms with E-state index in [2.05, 4.69) is 101 Å². The van der Waals surface area contributed by atoms with Crippen LogP contribution in [0.2, 0.25) is 0 Å². The SMILES string of the molecule is CO[O-].C[C@H]1c2ccc(NC(=O)CCC(=O)CCCCCCC[P+](c3ccccc3)(c3ccccc3)c3ccccc3)c(O)c2C(O)=C2C(=O)[C@]3(O)C(O)=C(C(N)=O)C(=O)[C@@H](N(C)C)[C@@H]3[C@@H](O)[C@@H]21. The first-order valence-corrected chi connectivity index (χ1v) is 24.7. The molecular weight excluding hydrogens is 890 g/mol. The van der Waals surface area contributed by atoms with Gasteiger partial charge in [-0.2, -0.15) is 0 Å². The second-order valence-electron chi connectivity index (χ2n) is 17.8. The lowest BCUT2D eigenvalue weighted by atomic mass is 9.54. The molecule has 6 atom stereocenters. The third-order valence-electron chi connectivity index (χ3n) is 13.6. The number of aliphatic hydroxyl groups excluding tert-OH is 3. The number of nitrogens with two attached hydrogens (primary N) is 1. The molecule has 0 aliphatic heterocycles. The monoisotopic (exact) mass is 949 g/mol. The summed E-state index contributed by atoms with van der Waals surface area (Å²) in [6.07, 6.45) is 4.05. The van der Waals surface area contributed by atoms with Gasteiger partial charge in [-0.15, -0.1) is 0 Å². The fraction of sp³-hybridized carbons (Fsp3) is 0.365. The topological polar surface area (TPSA) is 260 Å². The van der Waals surface area contributed by atoms with Gasteiger partial charge in [0.25, 0.3) is 5.91 Å². The average molecular weight is 950 g/mol. The first-order valence-electron chi connectivity index (χ1n) is 22.7. The molecule has 2 amide bonds. The molecule has 0 heterocycles. The fourth-order valence-electron chi connectivity index (χ4n) is 10.4. The molecule has 7 rings (SSSR count). The predicted octanol–water partition coefficient (Wildman–Crippen LogP) is 4.03. The van der Waals surface area contributed by atoms with Crippen molar-refractivity contribution in [2.75, 3.05) is 32.7 Å². The summed E-state index contributed by atoms with van der Waals surface area (Å²) < 4.78 is 0. The molecule has 0 saturated heterocycles. The van der Waals surface area contributed by atoms with E-state index >= 15 is 0 Å². The number of Topliss-reactive ketones (excluding diaryl/α,β-unsaturated/α-hetero) is 3. The third kappa shape index (κ3) is 9.64. The number of benzene rings is 4. The fourth-order valence-corrected chi connectivity index (χ4v) is 14.8. The molecule has 8 N–H and O–H groups in total. The van der Waals surface area contributed by atoms with Crippen LogP contribution in [-0.4, -0.2) is 105 Å². The van der Waals surface area contributed by atoms with Crippen LogP contribution in [0.4, 0.5) is 5.69 Å². The van der Waals surface area contributed by atoms with Crippen LogP contribution in [0.15, 0.2) is 120 Å². The number of hydrogen-bond acceptors (Lipinski definition) is 13. The second kappa shape index (κ2) is 21.9. The van der Waals surface area contributed by atoms with Crippen molar-refractivity contribution in [3.8, 4) is 5.75 Å².